The molecule has 2 heteroatoms. The summed E-state index contributed by atoms with van der Waals surface area (Å²) >= 11 is 0. The van der Waals surface area contributed by atoms with Gasteiger partial charge in [-0.25, -0.2) is 9.90 Å². The summed E-state index contributed by atoms with van der Waals surface area (Å²) in [6, 6.07) is 17.0. The van der Waals surface area contributed by atoms with Gasteiger partial charge in [-0.2, -0.15) is 0 Å². The Hall–Kier alpha value is -2.35. The first-order valence-corrected chi connectivity index (χ1v) is 5.39. The lowest BCUT2D eigenvalue weighted by atomic mass is 9.98. The molecule has 0 spiro atoms. The lowest BCUT2D eigenvalue weighted by molar-refractivity contribution is 0.0575. The summed E-state index contributed by atoms with van der Waals surface area (Å²) in [7, 11) is 0. The normalized spacial score (nSPS) is 10.8. The highest BCUT2D eigenvalue weighted by atomic mass is 16.4. The molecule has 0 atom stereocenters. The van der Waals surface area contributed by atoms with Gasteiger partial charge in [0.2, 0.25) is 0 Å². The van der Waals surface area contributed by atoms with Crippen LogP contribution in [0.25, 0.3) is 21.5 Å². The quantitative estimate of drug-likeness (QED) is 0.579. The largest absolute Gasteiger partial charge is 0.386 e. The minimum Gasteiger partial charge on any atom is -0.241 e. The Morgan fingerprint density at radius 2 is 1.47 bits per heavy atom. The van der Waals surface area contributed by atoms with Crippen LogP contribution in [0, 0.1) is 0 Å². The average molecular weight is 221 g/mol. The molecule has 0 saturated carbocycles. The smallest absolute Gasteiger partial charge is 0.241 e. The van der Waals surface area contributed by atoms with Crippen LogP contribution in [0.1, 0.15) is 10.4 Å². The van der Waals surface area contributed by atoms with Crippen molar-refractivity contribution in [2.24, 2.45) is 0 Å². The van der Waals surface area contributed by atoms with Crippen LogP contribution in [-0.2, 0) is 5.11 Å². The molecule has 0 saturated heterocycles. The summed E-state index contributed by atoms with van der Waals surface area (Å²) < 4.78 is 0. The molecule has 0 heterocycles. The van der Waals surface area contributed by atoms with Crippen molar-refractivity contribution < 1.29 is 9.90 Å². The molecular weight excluding hydrogens is 212 g/mol. The van der Waals surface area contributed by atoms with Crippen LogP contribution < -0.4 is 0 Å². The highest BCUT2D eigenvalue weighted by Crippen LogP contribution is 2.27. The summed E-state index contributed by atoms with van der Waals surface area (Å²) in [6.07, 6.45) is 0. The number of rotatable bonds is 1. The van der Waals surface area contributed by atoms with Crippen molar-refractivity contribution >= 4 is 27.5 Å². The second-order valence-corrected chi connectivity index (χ2v) is 3.97. The molecule has 0 aliphatic heterocycles. The molecule has 0 aromatic heterocycles. The van der Waals surface area contributed by atoms with Gasteiger partial charge in [-0.3, -0.25) is 0 Å². The van der Waals surface area contributed by atoms with E-state index in [9.17, 15) is 9.90 Å². The topological polar surface area (TPSA) is 37.0 Å². The van der Waals surface area contributed by atoms with Gasteiger partial charge in [0.25, 0.3) is 0 Å². The number of carbonyl (C=O) groups excluding carboxylic acids is 1. The van der Waals surface area contributed by atoms with Crippen molar-refractivity contribution in [3.63, 3.8) is 0 Å². The van der Waals surface area contributed by atoms with Gasteiger partial charge < -0.3 is 0 Å². The van der Waals surface area contributed by atoms with E-state index in [1.807, 2.05) is 42.5 Å². The van der Waals surface area contributed by atoms with Gasteiger partial charge in [0.1, 0.15) is 0 Å². The summed E-state index contributed by atoms with van der Waals surface area (Å²) in [5.41, 5.74) is 0.244. The van der Waals surface area contributed by atoms with Crippen LogP contribution in [0.2, 0.25) is 0 Å². The van der Waals surface area contributed by atoms with E-state index in [1.165, 1.54) is 0 Å². The minimum atomic E-state index is -1.13. The molecule has 3 aromatic rings. The average Bonchev–Trinajstić information content (AvgIpc) is 2.37. The van der Waals surface area contributed by atoms with Crippen molar-refractivity contribution in [3.05, 3.63) is 60.2 Å². The fourth-order valence-corrected chi connectivity index (χ4v) is 2.22. The Morgan fingerprint density at radius 1 is 0.706 bits per heavy atom. The van der Waals surface area contributed by atoms with E-state index in [4.69, 9.17) is 0 Å². The molecule has 3 rings (SSSR count). The number of carbonyl (C=O) groups is 1. The van der Waals surface area contributed by atoms with Gasteiger partial charge in [-0.05, 0) is 27.6 Å². The Kier molecular flexibility index (Phi) is 2.08. The van der Waals surface area contributed by atoms with Crippen LogP contribution in [0.5, 0.6) is 0 Å². The number of fused-ring (bicyclic) bond motifs is 3. The van der Waals surface area contributed by atoms with Crippen molar-refractivity contribution in [1.82, 2.24) is 0 Å². The molecule has 0 fully saturated rings. The summed E-state index contributed by atoms with van der Waals surface area (Å²) in [6.45, 7) is 0. The van der Waals surface area contributed by atoms with Crippen LogP contribution >= 0.6 is 0 Å². The van der Waals surface area contributed by atoms with E-state index < -0.39 is 5.97 Å². The van der Waals surface area contributed by atoms with Gasteiger partial charge in [0.05, 0.1) is 5.56 Å². The van der Waals surface area contributed by atoms with Crippen LogP contribution in [0.4, 0.5) is 0 Å². The molecule has 17 heavy (non-hydrogen) atoms. The third-order valence-corrected chi connectivity index (χ3v) is 3.01. The molecule has 3 aromatic carbocycles. The van der Waals surface area contributed by atoms with Gasteiger partial charge >= 0.3 is 5.97 Å². The maximum absolute atomic E-state index is 11.0. The lowest BCUT2D eigenvalue weighted by Gasteiger charge is -2.05. The Morgan fingerprint density at radius 3 is 2.29 bits per heavy atom. The number of hydrogen-bond donors (Lipinski definition) is 0. The molecular formula is C15H9O2. The Bertz CT molecular complexity index is 729. The van der Waals surface area contributed by atoms with E-state index in [2.05, 4.69) is 0 Å². The summed E-state index contributed by atoms with van der Waals surface area (Å²) in [4.78, 5) is 11.0. The van der Waals surface area contributed by atoms with Crippen molar-refractivity contribution in [2.45, 2.75) is 0 Å². The van der Waals surface area contributed by atoms with Crippen LogP contribution in [0.15, 0.2) is 54.6 Å². The first-order chi connectivity index (χ1) is 8.27. The fraction of sp³-hybridized carbons (Fsp3) is 0. The molecule has 2 nitrogen and oxygen atoms in total. The first kappa shape index (κ1) is 9.85. The van der Waals surface area contributed by atoms with Crippen molar-refractivity contribution in [2.75, 3.05) is 0 Å². The SMILES string of the molecule is [O]C(=O)c1cccc2c1ccc1ccccc12. The maximum Gasteiger partial charge on any atom is 0.386 e. The number of benzene rings is 3. The third kappa shape index (κ3) is 1.46. The zero-order valence-electron chi connectivity index (χ0n) is 9.01. The zero-order chi connectivity index (χ0) is 11.8. The molecule has 81 valence electrons. The fourth-order valence-electron chi connectivity index (χ4n) is 2.22. The Balaban J connectivity index is 2.52. The minimum absolute atomic E-state index is 0.244. The van der Waals surface area contributed by atoms with Crippen LogP contribution in [-0.4, -0.2) is 5.97 Å². The summed E-state index contributed by atoms with van der Waals surface area (Å²) in [5.74, 6) is -1.13. The lowest BCUT2D eigenvalue weighted by Crippen LogP contribution is -1.95. The highest BCUT2D eigenvalue weighted by Gasteiger charge is 2.10. The summed E-state index contributed by atoms with van der Waals surface area (Å²) in [5, 5.41) is 14.9. The maximum atomic E-state index is 11.0. The third-order valence-electron chi connectivity index (χ3n) is 3.01. The standard InChI is InChI=1S/C15H9O2/c16-15(17)14-7-3-6-12-11-5-2-1-4-10(11)8-9-13(12)14/h1-9H. The van der Waals surface area contributed by atoms with E-state index >= 15 is 0 Å². The molecule has 0 bridgehead atoms. The highest BCUT2D eigenvalue weighted by molar-refractivity contribution is 6.13. The van der Waals surface area contributed by atoms with Crippen LogP contribution in [0.3, 0.4) is 0 Å². The van der Waals surface area contributed by atoms with E-state index in [0.717, 1.165) is 21.5 Å². The monoisotopic (exact) mass is 221 g/mol. The molecule has 0 aliphatic carbocycles. The van der Waals surface area contributed by atoms with E-state index in [-0.39, 0.29) is 5.56 Å². The van der Waals surface area contributed by atoms with Gasteiger partial charge in [0.15, 0.2) is 0 Å². The predicted octanol–water partition coefficient (Wildman–Crippen LogP) is 3.56. The van der Waals surface area contributed by atoms with Gasteiger partial charge in [-0.1, -0.05) is 48.5 Å². The predicted molar refractivity (Wildman–Crippen MR) is 66.5 cm³/mol. The Labute approximate surface area is 98.1 Å². The zero-order valence-corrected chi connectivity index (χ0v) is 9.01. The van der Waals surface area contributed by atoms with E-state index in [1.54, 1.807) is 12.1 Å². The number of hydrogen-bond acceptors (Lipinski definition) is 1. The van der Waals surface area contributed by atoms with Crippen molar-refractivity contribution in [1.29, 1.82) is 0 Å². The molecule has 0 amide bonds. The van der Waals surface area contributed by atoms with Gasteiger partial charge in [0, 0.05) is 0 Å². The second-order valence-electron chi connectivity index (χ2n) is 3.97. The van der Waals surface area contributed by atoms with Gasteiger partial charge in [-0.15, -0.1) is 0 Å². The molecule has 0 unspecified atom stereocenters. The van der Waals surface area contributed by atoms with Crippen molar-refractivity contribution in [3.8, 4) is 0 Å². The molecule has 0 aliphatic rings. The first-order valence-electron chi connectivity index (χ1n) is 5.39. The second kappa shape index (κ2) is 3.59. The van der Waals surface area contributed by atoms with E-state index in [0.29, 0.717) is 0 Å². The molecule has 0 N–H and O–H groups in total. The molecule has 1 radical (unpaired) electrons.